The number of halogens is 1. The summed E-state index contributed by atoms with van der Waals surface area (Å²) in [6, 6.07) is 3.76. The Morgan fingerprint density at radius 3 is 2.83 bits per heavy atom. The van der Waals surface area contributed by atoms with Gasteiger partial charge in [0.15, 0.2) is 0 Å². The van der Waals surface area contributed by atoms with Crippen molar-refractivity contribution >= 4 is 22.9 Å². The first kappa shape index (κ1) is 9.99. The summed E-state index contributed by atoms with van der Waals surface area (Å²) < 4.78 is 5.71. The standard InChI is InChI=1S/C8H11ClO2S/c1-11-5-6(4-10)7-2-3-8(9)12-7/h2-3,6,10H,4-5H2,1H3. The number of methoxy groups -OCH3 is 1. The second-order valence-corrected chi connectivity index (χ2v) is 4.22. The monoisotopic (exact) mass is 206 g/mol. The van der Waals surface area contributed by atoms with Crippen LogP contribution in [0.4, 0.5) is 0 Å². The van der Waals surface area contributed by atoms with Gasteiger partial charge in [-0.05, 0) is 12.1 Å². The van der Waals surface area contributed by atoms with Crippen LogP contribution in [0, 0.1) is 0 Å². The van der Waals surface area contributed by atoms with Gasteiger partial charge in [0.25, 0.3) is 0 Å². The molecule has 0 saturated heterocycles. The molecule has 0 aliphatic carbocycles. The SMILES string of the molecule is COCC(CO)c1ccc(Cl)s1. The van der Waals surface area contributed by atoms with Gasteiger partial charge in [0, 0.05) is 17.9 Å². The highest BCUT2D eigenvalue weighted by Crippen LogP contribution is 2.27. The normalized spacial score (nSPS) is 13.2. The van der Waals surface area contributed by atoms with Crippen molar-refractivity contribution in [1.82, 2.24) is 0 Å². The summed E-state index contributed by atoms with van der Waals surface area (Å²) in [6.45, 7) is 0.637. The summed E-state index contributed by atoms with van der Waals surface area (Å²) in [6.07, 6.45) is 0. The molecule has 0 bridgehead atoms. The van der Waals surface area contributed by atoms with Crippen LogP contribution < -0.4 is 0 Å². The Morgan fingerprint density at radius 1 is 1.67 bits per heavy atom. The van der Waals surface area contributed by atoms with Crippen molar-refractivity contribution < 1.29 is 9.84 Å². The van der Waals surface area contributed by atoms with E-state index in [0.29, 0.717) is 6.61 Å². The van der Waals surface area contributed by atoms with Gasteiger partial charge in [0.2, 0.25) is 0 Å². The van der Waals surface area contributed by atoms with Gasteiger partial charge >= 0.3 is 0 Å². The van der Waals surface area contributed by atoms with Gasteiger partial charge in [0.1, 0.15) is 0 Å². The second-order valence-electron chi connectivity index (χ2n) is 2.48. The average molecular weight is 207 g/mol. The van der Waals surface area contributed by atoms with Crippen molar-refractivity contribution in [3.63, 3.8) is 0 Å². The van der Waals surface area contributed by atoms with Gasteiger partial charge in [-0.1, -0.05) is 11.6 Å². The number of aliphatic hydroxyl groups excluding tert-OH is 1. The predicted octanol–water partition coefficient (Wildman–Crippen LogP) is 2.12. The van der Waals surface area contributed by atoms with Crippen LogP contribution in [-0.2, 0) is 4.74 Å². The molecule has 1 unspecified atom stereocenters. The van der Waals surface area contributed by atoms with E-state index in [2.05, 4.69) is 0 Å². The average Bonchev–Trinajstić information content (AvgIpc) is 2.47. The van der Waals surface area contributed by atoms with E-state index in [9.17, 15) is 0 Å². The zero-order valence-corrected chi connectivity index (χ0v) is 8.36. The van der Waals surface area contributed by atoms with Crippen LogP contribution in [0.3, 0.4) is 0 Å². The molecule has 0 radical (unpaired) electrons. The molecule has 0 aliphatic rings. The summed E-state index contributed by atoms with van der Waals surface area (Å²) in [7, 11) is 1.62. The van der Waals surface area contributed by atoms with Crippen LogP contribution in [0.2, 0.25) is 4.34 Å². The molecule has 4 heteroatoms. The fourth-order valence-electron chi connectivity index (χ4n) is 0.974. The number of rotatable bonds is 4. The molecular formula is C8H11ClO2S. The van der Waals surface area contributed by atoms with Crippen LogP contribution in [0.15, 0.2) is 12.1 Å². The van der Waals surface area contributed by atoms with Gasteiger partial charge in [0.05, 0.1) is 17.6 Å². The third kappa shape index (κ3) is 2.45. The maximum Gasteiger partial charge on any atom is 0.0931 e. The molecule has 68 valence electrons. The molecule has 0 fully saturated rings. The maximum atomic E-state index is 9.00. The van der Waals surface area contributed by atoms with E-state index in [1.54, 1.807) is 7.11 Å². The minimum atomic E-state index is 0.0625. The van der Waals surface area contributed by atoms with Gasteiger partial charge in [-0.3, -0.25) is 0 Å². The predicted molar refractivity (Wildman–Crippen MR) is 51.0 cm³/mol. The van der Waals surface area contributed by atoms with E-state index in [-0.39, 0.29) is 12.5 Å². The van der Waals surface area contributed by atoms with Crippen molar-refractivity contribution in [2.24, 2.45) is 0 Å². The second kappa shape index (κ2) is 4.82. The molecule has 0 aliphatic heterocycles. The Balaban J connectivity index is 2.66. The van der Waals surface area contributed by atoms with E-state index < -0.39 is 0 Å². The molecule has 0 aromatic carbocycles. The first-order valence-electron chi connectivity index (χ1n) is 3.63. The minimum Gasteiger partial charge on any atom is -0.396 e. The van der Waals surface area contributed by atoms with Gasteiger partial charge in [-0.15, -0.1) is 11.3 Å². The maximum absolute atomic E-state index is 9.00. The molecule has 0 spiro atoms. The van der Waals surface area contributed by atoms with E-state index in [4.69, 9.17) is 21.4 Å². The highest BCUT2D eigenvalue weighted by Gasteiger charge is 2.11. The van der Waals surface area contributed by atoms with Gasteiger partial charge in [-0.2, -0.15) is 0 Å². The molecule has 1 rings (SSSR count). The highest BCUT2D eigenvalue weighted by atomic mass is 35.5. The van der Waals surface area contributed by atoms with Crippen molar-refractivity contribution in [1.29, 1.82) is 0 Å². The Kier molecular flexibility index (Phi) is 4.01. The number of hydrogen-bond acceptors (Lipinski definition) is 3. The fourth-order valence-corrected chi connectivity index (χ4v) is 2.11. The van der Waals surface area contributed by atoms with Crippen molar-refractivity contribution in [2.45, 2.75) is 5.92 Å². The first-order valence-corrected chi connectivity index (χ1v) is 4.82. The topological polar surface area (TPSA) is 29.5 Å². The quantitative estimate of drug-likeness (QED) is 0.818. The van der Waals surface area contributed by atoms with Crippen LogP contribution in [-0.4, -0.2) is 25.4 Å². The fraction of sp³-hybridized carbons (Fsp3) is 0.500. The summed E-state index contributed by atoms with van der Waals surface area (Å²) in [5.41, 5.74) is 0. The Labute approximate surface area is 80.7 Å². The molecule has 1 N–H and O–H groups in total. The van der Waals surface area contributed by atoms with Crippen LogP contribution >= 0.6 is 22.9 Å². The third-order valence-electron chi connectivity index (χ3n) is 1.58. The summed E-state index contributed by atoms with van der Waals surface area (Å²) in [5, 5.41) is 9.00. The smallest absolute Gasteiger partial charge is 0.0931 e. The van der Waals surface area contributed by atoms with E-state index in [1.807, 2.05) is 12.1 Å². The molecule has 0 amide bonds. The van der Waals surface area contributed by atoms with E-state index in [0.717, 1.165) is 9.21 Å². The zero-order chi connectivity index (χ0) is 8.97. The number of hydrogen-bond donors (Lipinski definition) is 1. The summed E-state index contributed by atoms with van der Waals surface area (Å²) in [5.74, 6) is 0.0625. The third-order valence-corrected chi connectivity index (χ3v) is 2.98. The lowest BCUT2D eigenvalue weighted by atomic mass is 10.1. The minimum absolute atomic E-state index is 0.0625. The van der Waals surface area contributed by atoms with E-state index >= 15 is 0 Å². The van der Waals surface area contributed by atoms with Crippen LogP contribution in [0.25, 0.3) is 0 Å². The van der Waals surface area contributed by atoms with Crippen LogP contribution in [0.5, 0.6) is 0 Å². The molecule has 2 nitrogen and oxygen atoms in total. The van der Waals surface area contributed by atoms with E-state index in [1.165, 1.54) is 11.3 Å². The lowest BCUT2D eigenvalue weighted by molar-refractivity contribution is 0.145. The number of ether oxygens (including phenoxy) is 1. The van der Waals surface area contributed by atoms with Crippen molar-refractivity contribution in [3.8, 4) is 0 Å². The van der Waals surface area contributed by atoms with Crippen molar-refractivity contribution in [2.75, 3.05) is 20.3 Å². The lowest BCUT2D eigenvalue weighted by Gasteiger charge is -2.09. The Morgan fingerprint density at radius 2 is 2.42 bits per heavy atom. The molecule has 1 heterocycles. The molecule has 12 heavy (non-hydrogen) atoms. The number of aliphatic hydroxyl groups is 1. The molecule has 1 atom stereocenters. The molecule has 1 aromatic rings. The Bertz CT molecular complexity index is 237. The molecule has 0 saturated carbocycles. The van der Waals surface area contributed by atoms with Gasteiger partial charge < -0.3 is 9.84 Å². The van der Waals surface area contributed by atoms with Crippen molar-refractivity contribution in [3.05, 3.63) is 21.3 Å². The molecule has 1 aromatic heterocycles. The Hall–Kier alpha value is -0.0900. The molecular weight excluding hydrogens is 196 g/mol. The summed E-state index contributed by atoms with van der Waals surface area (Å²) in [4.78, 5) is 1.07. The summed E-state index contributed by atoms with van der Waals surface area (Å²) >= 11 is 7.24. The zero-order valence-electron chi connectivity index (χ0n) is 6.79. The lowest BCUT2D eigenvalue weighted by Crippen LogP contribution is -2.08. The highest BCUT2D eigenvalue weighted by molar-refractivity contribution is 7.16. The first-order chi connectivity index (χ1) is 5.77. The van der Waals surface area contributed by atoms with Gasteiger partial charge in [-0.25, -0.2) is 0 Å². The largest absolute Gasteiger partial charge is 0.396 e. The number of thiophene rings is 1. The van der Waals surface area contributed by atoms with Crippen LogP contribution in [0.1, 0.15) is 10.8 Å².